The van der Waals surface area contributed by atoms with Gasteiger partial charge in [0, 0.05) is 0 Å². The van der Waals surface area contributed by atoms with Crippen molar-refractivity contribution in [2.75, 3.05) is 0 Å². The van der Waals surface area contributed by atoms with E-state index in [1.165, 1.54) is 6.42 Å². The van der Waals surface area contributed by atoms with Crippen molar-refractivity contribution >= 4 is 0 Å². The molecule has 0 bridgehead atoms. The van der Waals surface area contributed by atoms with E-state index < -0.39 is 12.5 Å². The van der Waals surface area contributed by atoms with Gasteiger partial charge in [-0.3, -0.25) is 4.74 Å². The first-order valence-electron chi connectivity index (χ1n) is 11.3. The highest BCUT2D eigenvalue weighted by Crippen LogP contribution is 2.67. The molecule has 0 aromatic carbocycles. The molecule has 0 aromatic heterocycles. The van der Waals surface area contributed by atoms with Crippen molar-refractivity contribution in [1.82, 2.24) is 0 Å². The van der Waals surface area contributed by atoms with Crippen molar-refractivity contribution in [3.63, 3.8) is 0 Å². The number of alkyl halides is 3. The van der Waals surface area contributed by atoms with Crippen molar-refractivity contribution < 1.29 is 17.9 Å². The zero-order valence-corrected chi connectivity index (χ0v) is 17.8. The standard InChI is InChI=1S/C21H30F3NO.C2H6/c1-19-10-9-18-16(17(19)8-5-14(19)12-25)7-4-13-3-6-15(11-20(13,18)2)26-21(22,23)24;1-2/h13-18H,3-11H2,1-2H3;1-2H3. The van der Waals surface area contributed by atoms with Crippen LogP contribution < -0.4 is 0 Å². The molecule has 4 saturated carbocycles. The van der Waals surface area contributed by atoms with Crippen LogP contribution in [0.3, 0.4) is 0 Å². The number of rotatable bonds is 1. The van der Waals surface area contributed by atoms with Crippen LogP contribution in [0.5, 0.6) is 0 Å². The van der Waals surface area contributed by atoms with E-state index in [4.69, 9.17) is 0 Å². The summed E-state index contributed by atoms with van der Waals surface area (Å²) >= 11 is 0. The molecule has 4 rings (SSSR count). The fourth-order valence-electron chi connectivity index (χ4n) is 7.81. The molecule has 0 radical (unpaired) electrons. The molecule has 5 heteroatoms. The van der Waals surface area contributed by atoms with Gasteiger partial charge in [-0.05, 0) is 92.3 Å². The number of nitriles is 1. The Morgan fingerprint density at radius 3 is 2.18 bits per heavy atom. The SMILES string of the molecule is CC.CC12CCC3C(CCC4CCC(OC(F)(F)F)CC43C)C1CCC2C#N. The van der Waals surface area contributed by atoms with Crippen LogP contribution in [-0.2, 0) is 4.74 Å². The summed E-state index contributed by atoms with van der Waals surface area (Å²) in [7, 11) is 0. The average molecular weight is 400 g/mol. The third-order valence-electron chi connectivity index (χ3n) is 9.03. The zero-order valence-electron chi connectivity index (χ0n) is 17.8. The topological polar surface area (TPSA) is 33.0 Å². The second kappa shape index (κ2) is 7.82. The zero-order chi connectivity index (χ0) is 20.7. The van der Waals surface area contributed by atoms with Gasteiger partial charge >= 0.3 is 6.36 Å². The van der Waals surface area contributed by atoms with Crippen LogP contribution in [0.2, 0.25) is 0 Å². The van der Waals surface area contributed by atoms with E-state index >= 15 is 0 Å². The third kappa shape index (κ3) is 3.59. The molecule has 0 aromatic rings. The summed E-state index contributed by atoms with van der Waals surface area (Å²) in [6.45, 7) is 8.55. The largest absolute Gasteiger partial charge is 0.522 e. The molecule has 0 aliphatic heterocycles. The second-order valence-corrected chi connectivity index (χ2v) is 9.93. The van der Waals surface area contributed by atoms with Gasteiger partial charge < -0.3 is 0 Å². The molecule has 160 valence electrons. The molecule has 4 fully saturated rings. The summed E-state index contributed by atoms with van der Waals surface area (Å²) in [5.74, 6) is 2.35. The predicted octanol–water partition coefficient (Wildman–Crippen LogP) is 7.10. The lowest BCUT2D eigenvalue weighted by Crippen LogP contribution is -2.54. The van der Waals surface area contributed by atoms with Gasteiger partial charge in [0.05, 0.1) is 18.1 Å². The fraction of sp³-hybridized carbons (Fsp3) is 0.957. The summed E-state index contributed by atoms with van der Waals surface area (Å²) < 4.78 is 42.8. The van der Waals surface area contributed by atoms with Crippen LogP contribution in [0.15, 0.2) is 0 Å². The maximum atomic E-state index is 12.8. The van der Waals surface area contributed by atoms with Gasteiger partial charge in [0.2, 0.25) is 0 Å². The number of halogens is 3. The van der Waals surface area contributed by atoms with Gasteiger partial charge in [-0.1, -0.05) is 27.7 Å². The Hall–Kier alpha value is -0.760. The van der Waals surface area contributed by atoms with Crippen LogP contribution in [0.25, 0.3) is 0 Å². The van der Waals surface area contributed by atoms with Gasteiger partial charge in [-0.25, -0.2) is 0 Å². The van der Waals surface area contributed by atoms with E-state index in [2.05, 4.69) is 24.7 Å². The molecule has 2 nitrogen and oxygen atoms in total. The van der Waals surface area contributed by atoms with Crippen LogP contribution in [0.4, 0.5) is 13.2 Å². The normalized spacial score (nSPS) is 47.6. The second-order valence-electron chi connectivity index (χ2n) is 9.93. The van der Waals surface area contributed by atoms with Gasteiger partial charge in [0.1, 0.15) is 0 Å². The minimum Gasteiger partial charge on any atom is -0.289 e. The highest BCUT2D eigenvalue weighted by molar-refractivity contribution is 5.12. The molecule has 0 amide bonds. The van der Waals surface area contributed by atoms with Crippen molar-refractivity contribution in [2.24, 2.45) is 40.4 Å². The fourth-order valence-corrected chi connectivity index (χ4v) is 7.81. The van der Waals surface area contributed by atoms with E-state index in [1.54, 1.807) is 0 Å². The Bertz CT molecular complexity index is 600. The Morgan fingerprint density at radius 1 is 0.893 bits per heavy atom. The highest BCUT2D eigenvalue weighted by Gasteiger charge is 2.60. The first kappa shape index (κ1) is 21.9. The van der Waals surface area contributed by atoms with Crippen LogP contribution in [-0.4, -0.2) is 12.5 Å². The molecule has 0 N–H and O–H groups in total. The first-order chi connectivity index (χ1) is 13.2. The average Bonchev–Trinajstić information content (AvgIpc) is 2.97. The third-order valence-corrected chi connectivity index (χ3v) is 9.03. The smallest absolute Gasteiger partial charge is 0.289 e. The van der Waals surface area contributed by atoms with Crippen molar-refractivity contribution in [2.45, 2.75) is 97.9 Å². The van der Waals surface area contributed by atoms with E-state index in [9.17, 15) is 18.4 Å². The molecule has 0 spiro atoms. The van der Waals surface area contributed by atoms with Gasteiger partial charge in [0.25, 0.3) is 0 Å². The first-order valence-corrected chi connectivity index (χ1v) is 11.3. The molecule has 0 heterocycles. The minimum atomic E-state index is -4.53. The molecular formula is C23H36F3NO. The minimum absolute atomic E-state index is 0.0385. The van der Waals surface area contributed by atoms with Crippen molar-refractivity contribution in [1.29, 1.82) is 5.26 Å². The summed E-state index contributed by atoms with van der Waals surface area (Å²) in [4.78, 5) is 0. The Balaban J connectivity index is 0.00000109. The van der Waals surface area contributed by atoms with E-state index in [0.717, 1.165) is 38.5 Å². The number of ether oxygens (including phenoxy) is 1. The van der Waals surface area contributed by atoms with Crippen molar-refractivity contribution in [3.05, 3.63) is 0 Å². The van der Waals surface area contributed by atoms with Gasteiger partial charge in [0.15, 0.2) is 0 Å². The lowest BCUT2D eigenvalue weighted by atomic mass is 9.44. The maximum absolute atomic E-state index is 12.8. The number of fused-ring (bicyclic) bond motifs is 5. The highest BCUT2D eigenvalue weighted by atomic mass is 19.4. The van der Waals surface area contributed by atoms with E-state index in [0.29, 0.717) is 36.5 Å². The summed E-state index contributed by atoms with van der Waals surface area (Å²) in [5, 5.41) is 9.57. The Labute approximate surface area is 168 Å². The quantitative estimate of drug-likeness (QED) is 0.471. The number of nitrogens with zero attached hydrogens (tertiary/aromatic N) is 1. The molecule has 4 aliphatic carbocycles. The molecule has 8 atom stereocenters. The lowest BCUT2D eigenvalue weighted by Gasteiger charge is -2.61. The Kier molecular flexibility index (Phi) is 6.13. The summed E-state index contributed by atoms with van der Waals surface area (Å²) in [6.07, 6.45) is 3.33. The predicted molar refractivity (Wildman–Crippen MR) is 103 cm³/mol. The van der Waals surface area contributed by atoms with Crippen molar-refractivity contribution in [3.8, 4) is 6.07 Å². The lowest BCUT2D eigenvalue weighted by molar-refractivity contribution is -0.351. The van der Waals surface area contributed by atoms with Gasteiger partial charge in [-0.15, -0.1) is 13.2 Å². The molecule has 8 unspecified atom stereocenters. The molecule has 28 heavy (non-hydrogen) atoms. The van der Waals surface area contributed by atoms with E-state index in [1.807, 2.05) is 13.8 Å². The summed E-state index contributed by atoms with van der Waals surface area (Å²) in [5.41, 5.74) is 0.0821. The van der Waals surface area contributed by atoms with Crippen LogP contribution in [0, 0.1) is 51.8 Å². The number of hydrogen-bond donors (Lipinski definition) is 0. The molecule has 0 saturated heterocycles. The monoisotopic (exact) mass is 399 g/mol. The van der Waals surface area contributed by atoms with Gasteiger partial charge in [-0.2, -0.15) is 5.26 Å². The molecule has 4 aliphatic rings. The van der Waals surface area contributed by atoms with E-state index in [-0.39, 0.29) is 16.7 Å². The Morgan fingerprint density at radius 2 is 1.54 bits per heavy atom. The summed E-state index contributed by atoms with van der Waals surface area (Å²) in [6, 6.07) is 2.55. The van der Waals surface area contributed by atoms with Crippen LogP contribution >= 0.6 is 0 Å². The maximum Gasteiger partial charge on any atom is 0.522 e. The van der Waals surface area contributed by atoms with Crippen LogP contribution in [0.1, 0.15) is 85.5 Å². The number of hydrogen-bond acceptors (Lipinski definition) is 2. The molecular weight excluding hydrogens is 363 g/mol.